The average Bonchev–Trinajstić information content (AvgIpc) is 3.34. The van der Waals surface area contributed by atoms with Crippen LogP contribution in [0, 0.1) is 13.8 Å². The maximum absolute atomic E-state index is 12.5. The number of aromatic nitrogens is 1. The Morgan fingerprint density at radius 2 is 1.88 bits per heavy atom. The predicted molar refractivity (Wildman–Crippen MR) is 99.8 cm³/mol. The lowest BCUT2D eigenvalue weighted by Gasteiger charge is -2.14. The van der Waals surface area contributed by atoms with E-state index in [-0.39, 0.29) is 5.91 Å². The van der Waals surface area contributed by atoms with E-state index in [0.717, 1.165) is 28.7 Å². The van der Waals surface area contributed by atoms with Crippen LogP contribution in [0.3, 0.4) is 0 Å². The van der Waals surface area contributed by atoms with Gasteiger partial charge in [-0.25, -0.2) is 4.79 Å². The summed E-state index contributed by atoms with van der Waals surface area (Å²) in [6.45, 7) is 5.49. The summed E-state index contributed by atoms with van der Waals surface area (Å²) in [7, 11) is 0. The summed E-state index contributed by atoms with van der Waals surface area (Å²) in [5.41, 5.74) is 3.15. The standard InChI is InChI=1S/C19H21BrN2O3/c1-11-10-17(12(2)22(11)16-8-9-16)19(24)25-13(3)18(23)21-15-6-4-14(20)5-7-15/h4-7,10,13,16H,8-9H2,1-3H3,(H,21,23)/t13-/m0/s1. The van der Waals surface area contributed by atoms with Gasteiger partial charge >= 0.3 is 5.97 Å². The van der Waals surface area contributed by atoms with Crippen molar-refractivity contribution in [1.82, 2.24) is 4.57 Å². The van der Waals surface area contributed by atoms with E-state index < -0.39 is 12.1 Å². The van der Waals surface area contributed by atoms with E-state index in [1.807, 2.05) is 32.0 Å². The van der Waals surface area contributed by atoms with Crippen LogP contribution in [-0.2, 0) is 9.53 Å². The molecule has 1 aromatic carbocycles. The van der Waals surface area contributed by atoms with Crippen LogP contribution < -0.4 is 5.32 Å². The second-order valence-electron chi connectivity index (χ2n) is 6.43. The normalized spacial score (nSPS) is 14.9. The van der Waals surface area contributed by atoms with E-state index in [0.29, 0.717) is 17.3 Å². The minimum Gasteiger partial charge on any atom is -0.449 e. The lowest BCUT2D eigenvalue weighted by atomic mass is 10.2. The van der Waals surface area contributed by atoms with Crippen LogP contribution in [0.1, 0.15) is 47.6 Å². The van der Waals surface area contributed by atoms with Crippen LogP contribution in [0.2, 0.25) is 0 Å². The first-order chi connectivity index (χ1) is 11.9. The Kier molecular flexibility index (Phi) is 4.99. The van der Waals surface area contributed by atoms with Crippen molar-refractivity contribution in [2.45, 2.75) is 45.8 Å². The number of esters is 1. The number of carbonyl (C=O) groups is 2. The third-order valence-electron chi connectivity index (χ3n) is 4.38. The number of rotatable bonds is 5. The van der Waals surface area contributed by atoms with Crippen molar-refractivity contribution in [3.05, 3.63) is 51.8 Å². The predicted octanol–water partition coefficient (Wildman–Crippen LogP) is 4.39. The van der Waals surface area contributed by atoms with Crippen molar-refractivity contribution in [3.8, 4) is 0 Å². The maximum atomic E-state index is 12.5. The van der Waals surface area contributed by atoms with Crippen LogP contribution in [0.25, 0.3) is 0 Å². The lowest BCUT2D eigenvalue weighted by Crippen LogP contribution is -2.30. The SMILES string of the molecule is Cc1cc(C(=O)O[C@@H](C)C(=O)Nc2ccc(Br)cc2)c(C)n1C1CC1. The van der Waals surface area contributed by atoms with Crippen LogP contribution in [0.5, 0.6) is 0 Å². The molecule has 0 saturated heterocycles. The van der Waals surface area contributed by atoms with Crippen molar-refractivity contribution in [1.29, 1.82) is 0 Å². The van der Waals surface area contributed by atoms with Crippen molar-refractivity contribution >= 4 is 33.5 Å². The van der Waals surface area contributed by atoms with E-state index in [9.17, 15) is 9.59 Å². The van der Waals surface area contributed by atoms with Gasteiger partial charge in [0.1, 0.15) is 0 Å². The first-order valence-corrected chi connectivity index (χ1v) is 9.12. The summed E-state index contributed by atoms with van der Waals surface area (Å²) in [6, 6.07) is 9.56. The lowest BCUT2D eigenvalue weighted by molar-refractivity contribution is -0.123. The fourth-order valence-electron chi connectivity index (χ4n) is 2.93. The van der Waals surface area contributed by atoms with E-state index in [2.05, 4.69) is 25.8 Å². The highest BCUT2D eigenvalue weighted by Gasteiger charge is 2.29. The molecule has 3 rings (SSSR count). The molecule has 2 aromatic rings. The number of nitrogens with zero attached hydrogens (tertiary/aromatic N) is 1. The Hall–Kier alpha value is -2.08. The highest BCUT2D eigenvalue weighted by Crippen LogP contribution is 2.38. The van der Waals surface area contributed by atoms with Gasteiger partial charge in [0.2, 0.25) is 0 Å². The molecule has 6 heteroatoms. The molecule has 1 aromatic heterocycles. The Bertz CT molecular complexity index is 807. The molecule has 1 atom stereocenters. The third kappa shape index (κ3) is 3.95. The molecule has 0 unspecified atom stereocenters. The summed E-state index contributed by atoms with van der Waals surface area (Å²) in [6.07, 6.45) is 1.42. The number of hydrogen-bond acceptors (Lipinski definition) is 3. The van der Waals surface area contributed by atoms with Gasteiger partial charge in [-0.1, -0.05) is 15.9 Å². The number of hydrogen-bond donors (Lipinski definition) is 1. The minimum absolute atomic E-state index is 0.355. The van der Waals surface area contributed by atoms with E-state index >= 15 is 0 Å². The Labute approximate surface area is 155 Å². The van der Waals surface area contributed by atoms with Gasteiger partial charge in [0.15, 0.2) is 6.10 Å². The zero-order valence-corrected chi connectivity index (χ0v) is 16.1. The molecular weight excluding hydrogens is 384 g/mol. The first-order valence-electron chi connectivity index (χ1n) is 8.32. The van der Waals surface area contributed by atoms with Gasteiger partial charge in [-0.3, -0.25) is 4.79 Å². The van der Waals surface area contributed by atoms with Gasteiger partial charge in [-0.15, -0.1) is 0 Å². The quantitative estimate of drug-likeness (QED) is 0.751. The molecule has 1 N–H and O–H groups in total. The topological polar surface area (TPSA) is 60.3 Å². The van der Waals surface area contributed by atoms with Gasteiger partial charge in [0, 0.05) is 27.6 Å². The Morgan fingerprint density at radius 3 is 2.48 bits per heavy atom. The second-order valence-corrected chi connectivity index (χ2v) is 7.35. The van der Waals surface area contributed by atoms with Crippen molar-refractivity contribution in [3.63, 3.8) is 0 Å². The highest BCUT2D eigenvalue weighted by atomic mass is 79.9. The number of aryl methyl sites for hydroxylation is 1. The largest absolute Gasteiger partial charge is 0.449 e. The van der Waals surface area contributed by atoms with E-state index in [1.165, 1.54) is 0 Å². The molecule has 0 radical (unpaired) electrons. The molecule has 0 bridgehead atoms. The summed E-state index contributed by atoms with van der Waals surface area (Å²) < 4.78 is 8.48. The summed E-state index contributed by atoms with van der Waals surface area (Å²) in [4.78, 5) is 24.7. The number of anilines is 1. The number of benzene rings is 1. The van der Waals surface area contributed by atoms with Crippen LogP contribution in [0.4, 0.5) is 5.69 Å². The van der Waals surface area contributed by atoms with E-state index in [1.54, 1.807) is 19.1 Å². The highest BCUT2D eigenvalue weighted by molar-refractivity contribution is 9.10. The van der Waals surface area contributed by atoms with Crippen LogP contribution >= 0.6 is 15.9 Å². The third-order valence-corrected chi connectivity index (χ3v) is 4.91. The molecule has 1 aliphatic carbocycles. The second kappa shape index (κ2) is 7.04. The Balaban J connectivity index is 1.65. The maximum Gasteiger partial charge on any atom is 0.340 e. The van der Waals surface area contributed by atoms with Gasteiger partial charge in [0.25, 0.3) is 5.91 Å². The Morgan fingerprint density at radius 1 is 1.24 bits per heavy atom. The number of ether oxygens (including phenoxy) is 1. The van der Waals surface area contributed by atoms with Crippen LogP contribution in [0.15, 0.2) is 34.8 Å². The number of amides is 1. The van der Waals surface area contributed by atoms with Gasteiger partial charge in [-0.05, 0) is 63.9 Å². The molecule has 1 saturated carbocycles. The number of carbonyl (C=O) groups excluding carboxylic acids is 2. The molecule has 5 nitrogen and oxygen atoms in total. The molecule has 132 valence electrons. The summed E-state index contributed by atoms with van der Waals surface area (Å²) in [5.74, 6) is -0.815. The fraction of sp³-hybridized carbons (Fsp3) is 0.368. The molecule has 0 aliphatic heterocycles. The molecule has 25 heavy (non-hydrogen) atoms. The molecular formula is C19H21BrN2O3. The fourth-order valence-corrected chi connectivity index (χ4v) is 3.20. The molecule has 1 aliphatic rings. The summed E-state index contributed by atoms with van der Waals surface area (Å²) in [5, 5.41) is 2.74. The molecule has 0 spiro atoms. The van der Waals surface area contributed by atoms with Crippen molar-refractivity contribution in [2.24, 2.45) is 0 Å². The van der Waals surface area contributed by atoms with Crippen LogP contribution in [-0.4, -0.2) is 22.5 Å². The zero-order chi connectivity index (χ0) is 18.1. The first kappa shape index (κ1) is 17.7. The van der Waals surface area contributed by atoms with Gasteiger partial charge in [-0.2, -0.15) is 0 Å². The average molecular weight is 405 g/mol. The minimum atomic E-state index is -0.875. The smallest absolute Gasteiger partial charge is 0.340 e. The van der Waals surface area contributed by atoms with Crippen molar-refractivity contribution < 1.29 is 14.3 Å². The zero-order valence-electron chi connectivity index (χ0n) is 14.5. The number of halogens is 1. The number of nitrogens with one attached hydrogen (secondary N) is 1. The summed E-state index contributed by atoms with van der Waals surface area (Å²) >= 11 is 3.34. The molecule has 1 amide bonds. The molecule has 1 heterocycles. The van der Waals surface area contributed by atoms with Gasteiger partial charge < -0.3 is 14.6 Å². The molecule has 1 fully saturated rings. The van der Waals surface area contributed by atoms with E-state index in [4.69, 9.17) is 4.74 Å². The monoisotopic (exact) mass is 404 g/mol. The van der Waals surface area contributed by atoms with Crippen molar-refractivity contribution in [2.75, 3.05) is 5.32 Å². The van der Waals surface area contributed by atoms with Gasteiger partial charge in [0.05, 0.1) is 5.56 Å².